The van der Waals surface area contributed by atoms with Crippen LogP contribution in [0.2, 0.25) is 0 Å². The lowest BCUT2D eigenvalue weighted by molar-refractivity contribution is 0.476. The second kappa shape index (κ2) is 3.28. The maximum atomic E-state index is 9.32. The molecule has 3 aromatic rings. The van der Waals surface area contributed by atoms with Gasteiger partial charge in [-0.05, 0) is 30.6 Å². The number of hydrogen-bond acceptors (Lipinski definition) is 6. The van der Waals surface area contributed by atoms with Crippen LogP contribution in [0.1, 0.15) is 5.69 Å². The Bertz CT molecular complexity index is 659. The van der Waals surface area contributed by atoms with Gasteiger partial charge in [0, 0.05) is 6.07 Å². The summed E-state index contributed by atoms with van der Waals surface area (Å²) in [6, 6.07) is 4.81. The van der Waals surface area contributed by atoms with Gasteiger partial charge in [0.15, 0.2) is 5.58 Å². The first-order valence-electron chi connectivity index (χ1n) is 4.63. The van der Waals surface area contributed by atoms with Gasteiger partial charge in [-0.1, -0.05) is 4.49 Å². The van der Waals surface area contributed by atoms with Crippen molar-refractivity contribution < 1.29 is 9.52 Å². The number of hydrogen-bond donors (Lipinski definition) is 1. The van der Waals surface area contributed by atoms with E-state index in [4.69, 9.17) is 4.42 Å². The van der Waals surface area contributed by atoms with E-state index in [1.807, 2.05) is 6.92 Å². The van der Waals surface area contributed by atoms with Gasteiger partial charge in [-0.15, -0.1) is 5.10 Å². The Balaban J connectivity index is 2.23. The fourth-order valence-electron chi connectivity index (χ4n) is 1.44. The SMILES string of the molecule is Cc1nnsc1-c1nc2cc(O)ccc2o1. The van der Waals surface area contributed by atoms with Gasteiger partial charge >= 0.3 is 0 Å². The van der Waals surface area contributed by atoms with Gasteiger partial charge in [0.25, 0.3) is 0 Å². The smallest absolute Gasteiger partial charge is 0.241 e. The lowest BCUT2D eigenvalue weighted by Gasteiger charge is -1.87. The van der Waals surface area contributed by atoms with Crippen molar-refractivity contribution in [2.45, 2.75) is 6.92 Å². The normalized spacial score (nSPS) is 11.1. The Kier molecular flexibility index (Phi) is 1.90. The second-order valence-corrected chi connectivity index (χ2v) is 4.11. The van der Waals surface area contributed by atoms with Crippen LogP contribution in [-0.2, 0) is 0 Å². The Labute approximate surface area is 94.5 Å². The molecule has 80 valence electrons. The highest BCUT2D eigenvalue weighted by molar-refractivity contribution is 7.09. The molecular weight excluding hydrogens is 226 g/mol. The van der Waals surface area contributed by atoms with Crippen LogP contribution >= 0.6 is 11.5 Å². The summed E-state index contributed by atoms with van der Waals surface area (Å²) in [4.78, 5) is 5.10. The fourth-order valence-corrected chi connectivity index (χ4v) is 2.02. The van der Waals surface area contributed by atoms with E-state index in [0.29, 0.717) is 17.0 Å². The van der Waals surface area contributed by atoms with Crippen LogP contribution in [-0.4, -0.2) is 19.7 Å². The fraction of sp³-hybridized carbons (Fsp3) is 0.100. The highest BCUT2D eigenvalue weighted by Crippen LogP contribution is 2.29. The number of nitrogens with zero attached hydrogens (tertiary/aromatic N) is 3. The van der Waals surface area contributed by atoms with Crippen LogP contribution in [0, 0.1) is 6.92 Å². The van der Waals surface area contributed by atoms with E-state index in [-0.39, 0.29) is 5.75 Å². The van der Waals surface area contributed by atoms with Gasteiger partial charge in [-0.25, -0.2) is 4.98 Å². The molecule has 0 spiro atoms. The van der Waals surface area contributed by atoms with Crippen molar-refractivity contribution in [1.29, 1.82) is 0 Å². The molecule has 0 atom stereocenters. The van der Waals surface area contributed by atoms with E-state index >= 15 is 0 Å². The summed E-state index contributed by atoms with van der Waals surface area (Å²) in [5, 5.41) is 13.2. The topological polar surface area (TPSA) is 72.0 Å². The molecule has 2 aromatic heterocycles. The molecule has 0 aliphatic heterocycles. The van der Waals surface area contributed by atoms with Crippen molar-refractivity contribution >= 4 is 22.6 Å². The Hall–Kier alpha value is -1.95. The Morgan fingerprint density at radius 1 is 1.38 bits per heavy atom. The first kappa shape index (κ1) is 9.29. The molecule has 6 heteroatoms. The number of aromatic nitrogens is 3. The molecule has 16 heavy (non-hydrogen) atoms. The first-order chi connectivity index (χ1) is 7.74. The van der Waals surface area contributed by atoms with E-state index in [2.05, 4.69) is 14.6 Å². The molecule has 0 unspecified atom stereocenters. The van der Waals surface area contributed by atoms with Gasteiger partial charge in [-0.2, -0.15) is 0 Å². The van der Waals surface area contributed by atoms with Crippen LogP contribution in [0.4, 0.5) is 0 Å². The van der Waals surface area contributed by atoms with E-state index in [1.54, 1.807) is 18.2 Å². The van der Waals surface area contributed by atoms with Crippen molar-refractivity contribution in [3.63, 3.8) is 0 Å². The van der Waals surface area contributed by atoms with Crippen molar-refractivity contribution in [3.05, 3.63) is 23.9 Å². The maximum Gasteiger partial charge on any atom is 0.241 e. The number of aromatic hydroxyl groups is 1. The highest BCUT2D eigenvalue weighted by atomic mass is 32.1. The number of benzene rings is 1. The summed E-state index contributed by atoms with van der Waals surface area (Å²) in [6.45, 7) is 1.85. The van der Waals surface area contributed by atoms with Gasteiger partial charge in [0.05, 0.1) is 5.69 Å². The van der Waals surface area contributed by atoms with Crippen molar-refractivity contribution in [2.24, 2.45) is 0 Å². The predicted octanol–water partition coefficient (Wildman–Crippen LogP) is 2.36. The minimum absolute atomic E-state index is 0.173. The number of rotatable bonds is 1. The molecule has 0 amide bonds. The summed E-state index contributed by atoms with van der Waals surface area (Å²) in [7, 11) is 0. The van der Waals surface area contributed by atoms with Crippen LogP contribution in [0.25, 0.3) is 21.9 Å². The van der Waals surface area contributed by atoms with E-state index in [1.165, 1.54) is 11.5 Å². The number of phenolic OH excluding ortho intramolecular Hbond substituents is 1. The summed E-state index contributed by atoms with van der Waals surface area (Å²) in [6.07, 6.45) is 0. The molecular formula is C10H7N3O2S. The van der Waals surface area contributed by atoms with Crippen LogP contribution in [0.3, 0.4) is 0 Å². The van der Waals surface area contributed by atoms with Gasteiger partial charge in [0.2, 0.25) is 5.89 Å². The van der Waals surface area contributed by atoms with Gasteiger partial charge in [0.1, 0.15) is 16.1 Å². The minimum atomic E-state index is 0.173. The molecule has 0 fully saturated rings. The molecule has 0 saturated carbocycles. The number of oxazole rings is 1. The summed E-state index contributed by atoms with van der Waals surface area (Å²) in [5.74, 6) is 0.666. The summed E-state index contributed by atoms with van der Waals surface area (Å²) >= 11 is 1.24. The molecule has 3 rings (SSSR count). The third-order valence-corrected chi connectivity index (χ3v) is 3.03. The van der Waals surface area contributed by atoms with Crippen LogP contribution in [0.5, 0.6) is 5.75 Å². The average Bonchev–Trinajstić information content (AvgIpc) is 2.82. The van der Waals surface area contributed by atoms with Crippen molar-refractivity contribution in [3.8, 4) is 16.5 Å². The van der Waals surface area contributed by atoms with Crippen molar-refractivity contribution in [2.75, 3.05) is 0 Å². The third-order valence-electron chi connectivity index (χ3n) is 2.22. The minimum Gasteiger partial charge on any atom is -0.508 e. The molecule has 5 nitrogen and oxygen atoms in total. The summed E-state index contributed by atoms with van der Waals surface area (Å²) in [5.41, 5.74) is 2.06. The lowest BCUT2D eigenvalue weighted by atomic mass is 10.3. The molecule has 0 aliphatic rings. The standard InChI is InChI=1S/C10H7N3O2S/c1-5-9(16-13-12-5)10-11-7-4-6(14)2-3-8(7)15-10/h2-4,14H,1H3. The molecule has 1 aromatic carbocycles. The molecule has 0 radical (unpaired) electrons. The molecule has 2 heterocycles. The van der Waals surface area contributed by atoms with Gasteiger partial charge < -0.3 is 9.52 Å². The Morgan fingerprint density at radius 2 is 2.25 bits per heavy atom. The number of phenols is 1. The first-order valence-corrected chi connectivity index (χ1v) is 5.40. The largest absolute Gasteiger partial charge is 0.508 e. The van der Waals surface area contributed by atoms with Crippen molar-refractivity contribution in [1.82, 2.24) is 14.6 Å². The molecule has 1 N–H and O–H groups in total. The summed E-state index contributed by atoms with van der Waals surface area (Å²) < 4.78 is 9.38. The zero-order valence-corrected chi connectivity index (χ0v) is 9.15. The number of aryl methyl sites for hydroxylation is 1. The van der Waals surface area contributed by atoms with Crippen LogP contribution < -0.4 is 0 Å². The highest BCUT2D eigenvalue weighted by Gasteiger charge is 2.13. The van der Waals surface area contributed by atoms with Gasteiger partial charge in [-0.3, -0.25) is 0 Å². The Morgan fingerprint density at radius 3 is 3.00 bits per heavy atom. The number of fused-ring (bicyclic) bond motifs is 1. The van der Waals surface area contributed by atoms with Crippen LogP contribution in [0.15, 0.2) is 22.6 Å². The second-order valence-electron chi connectivity index (χ2n) is 3.36. The quantitative estimate of drug-likeness (QED) is 0.698. The molecule has 0 bridgehead atoms. The maximum absolute atomic E-state index is 9.32. The van der Waals surface area contributed by atoms with E-state index < -0.39 is 0 Å². The lowest BCUT2D eigenvalue weighted by Crippen LogP contribution is -1.76. The zero-order valence-electron chi connectivity index (χ0n) is 8.34. The third kappa shape index (κ3) is 1.35. The predicted molar refractivity (Wildman–Crippen MR) is 59.3 cm³/mol. The average molecular weight is 233 g/mol. The van der Waals surface area contributed by atoms with E-state index in [0.717, 1.165) is 10.6 Å². The van der Waals surface area contributed by atoms with E-state index in [9.17, 15) is 5.11 Å². The molecule has 0 aliphatic carbocycles. The monoisotopic (exact) mass is 233 g/mol. The molecule has 0 saturated heterocycles. The zero-order chi connectivity index (χ0) is 11.1.